The van der Waals surface area contributed by atoms with Crippen molar-refractivity contribution in [3.05, 3.63) is 40.4 Å². The van der Waals surface area contributed by atoms with E-state index in [2.05, 4.69) is 17.5 Å². The second kappa shape index (κ2) is 6.08. The minimum Gasteiger partial charge on any atom is -0.325 e. The van der Waals surface area contributed by atoms with Gasteiger partial charge in [0.1, 0.15) is 0 Å². The number of amides is 3. The molecular weight excluding hydrogens is 387 g/mol. The van der Waals surface area contributed by atoms with Gasteiger partial charge in [-0.15, -0.1) is 0 Å². The Balaban J connectivity index is 1.25. The van der Waals surface area contributed by atoms with Crippen molar-refractivity contribution < 1.29 is 14.4 Å². The van der Waals surface area contributed by atoms with E-state index in [9.17, 15) is 14.4 Å². The number of hydrogen-bond donors (Lipinski definition) is 1. The van der Waals surface area contributed by atoms with Gasteiger partial charge < -0.3 is 5.32 Å². The van der Waals surface area contributed by atoms with Gasteiger partial charge in [-0.05, 0) is 48.3 Å². The number of halogens is 2. The first kappa shape index (κ1) is 17.3. The maximum Gasteiger partial charge on any atom is 0.233 e. The molecule has 1 aromatic carbocycles. The second-order valence-corrected chi connectivity index (χ2v) is 8.75. The van der Waals surface area contributed by atoms with E-state index < -0.39 is 0 Å². The van der Waals surface area contributed by atoms with Gasteiger partial charge >= 0.3 is 0 Å². The van der Waals surface area contributed by atoms with Gasteiger partial charge in [-0.1, -0.05) is 35.4 Å². The van der Waals surface area contributed by atoms with Gasteiger partial charge in [0, 0.05) is 18.0 Å². The van der Waals surface area contributed by atoms with Crippen LogP contribution in [0.5, 0.6) is 0 Å². The molecule has 140 valence electrons. The number of hydrogen-bond acceptors (Lipinski definition) is 3. The molecule has 0 radical (unpaired) electrons. The number of benzene rings is 1. The summed E-state index contributed by atoms with van der Waals surface area (Å²) < 4.78 is 0. The quantitative estimate of drug-likeness (QED) is 0.617. The highest BCUT2D eigenvalue weighted by Gasteiger charge is 2.66. The number of nitrogens with zero attached hydrogens (tertiary/aromatic N) is 1. The summed E-state index contributed by atoms with van der Waals surface area (Å²) >= 11 is 11.9. The van der Waals surface area contributed by atoms with E-state index in [1.807, 2.05) is 0 Å². The minimum absolute atomic E-state index is 0.0471. The van der Waals surface area contributed by atoms with Gasteiger partial charge in [0.25, 0.3) is 0 Å². The lowest BCUT2D eigenvalue weighted by Gasteiger charge is -2.37. The molecule has 2 bridgehead atoms. The van der Waals surface area contributed by atoms with Gasteiger partial charge in [-0.2, -0.15) is 0 Å². The summed E-state index contributed by atoms with van der Waals surface area (Å²) in [5.74, 6) is 0.621. The van der Waals surface area contributed by atoms with Gasteiger partial charge in [0.2, 0.25) is 17.7 Å². The summed E-state index contributed by atoms with van der Waals surface area (Å²) in [7, 11) is 0. The van der Waals surface area contributed by atoms with Crippen LogP contribution in [0.25, 0.3) is 0 Å². The summed E-state index contributed by atoms with van der Waals surface area (Å²) in [6.07, 6.45) is 5.47. The molecule has 1 saturated heterocycles. The summed E-state index contributed by atoms with van der Waals surface area (Å²) in [6.45, 7) is 0.108. The number of anilines is 1. The monoisotopic (exact) mass is 404 g/mol. The molecule has 3 amide bonds. The van der Waals surface area contributed by atoms with Gasteiger partial charge in [-0.3, -0.25) is 19.3 Å². The third-order valence-corrected chi connectivity index (χ3v) is 7.07. The molecule has 0 spiro atoms. The lowest BCUT2D eigenvalue weighted by molar-refractivity contribution is -0.140. The molecular formula is C20H18Cl2N2O3. The number of likely N-dealkylation sites (tertiary alicyclic amines) is 1. The van der Waals surface area contributed by atoms with Crippen LogP contribution in [-0.4, -0.2) is 29.2 Å². The van der Waals surface area contributed by atoms with Crippen LogP contribution in [0.15, 0.2) is 30.4 Å². The molecule has 0 aromatic heterocycles. The number of allylic oxidation sites excluding steroid dienone is 2. The molecule has 1 N–H and O–H groups in total. The molecule has 1 heterocycles. The summed E-state index contributed by atoms with van der Waals surface area (Å²) in [5, 5.41) is 3.53. The van der Waals surface area contributed by atoms with Crippen LogP contribution in [0.3, 0.4) is 0 Å². The predicted molar refractivity (Wildman–Crippen MR) is 101 cm³/mol. The Morgan fingerprint density at radius 2 is 1.70 bits per heavy atom. The zero-order valence-electron chi connectivity index (χ0n) is 14.4. The molecule has 5 nitrogen and oxygen atoms in total. The smallest absolute Gasteiger partial charge is 0.233 e. The molecule has 6 rings (SSSR count). The van der Waals surface area contributed by atoms with Crippen molar-refractivity contribution in [1.29, 1.82) is 0 Å². The Labute approximate surface area is 166 Å². The van der Waals surface area contributed by atoms with E-state index in [0.29, 0.717) is 27.6 Å². The van der Waals surface area contributed by atoms with Crippen molar-refractivity contribution in [2.45, 2.75) is 12.8 Å². The zero-order chi connectivity index (χ0) is 18.9. The van der Waals surface area contributed by atoms with Crippen molar-refractivity contribution in [2.75, 3.05) is 11.9 Å². The molecule has 6 atom stereocenters. The summed E-state index contributed by atoms with van der Waals surface area (Å²) in [5.41, 5.74) is 0.459. The highest BCUT2D eigenvalue weighted by atomic mass is 35.5. The minimum atomic E-state index is -0.293. The fourth-order valence-corrected chi connectivity index (χ4v) is 5.71. The normalized spacial score (nSPS) is 35.3. The highest BCUT2D eigenvalue weighted by molar-refractivity contribution is 6.36. The zero-order valence-corrected chi connectivity index (χ0v) is 15.9. The molecule has 7 heteroatoms. The molecule has 1 aliphatic heterocycles. The van der Waals surface area contributed by atoms with Crippen molar-refractivity contribution in [3.63, 3.8) is 0 Å². The first-order valence-corrected chi connectivity index (χ1v) is 10.00. The number of carbonyl (C=O) groups excluding carboxylic acids is 3. The third-order valence-electron chi connectivity index (χ3n) is 6.52. The van der Waals surface area contributed by atoms with Crippen LogP contribution in [0.4, 0.5) is 5.69 Å². The standard InChI is InChI=1S/C20H18Cl2N2O3/c21-9-1-4-15(14(22)7-9)23-16(25)5-6-24-19(26)17-10-2-3-11(13-8-12(10)13)18(17)20(24)27/h1-4,7,10-13,17-18H,5-6,8H2,(H,23,25)/t10-,11-,12-,13+,17-,18+/m0/s1. The van der Waals surface area contributed by atoms with Crippen molar-refractivity contribution >= 4 is 46.6 Å². The molecule has 27 heavy (non-hydrogen) atoms. The van der Waals surface area contributed by atoms with Crippen LogP contribution in [0, 0.1) is 35.5 Å². The first-order chi connectivity index (χ1) is 13.0. The Morgan fingerprint density at radius 1 is 1.07 bits per heavy atom. The number of carbonyl (C=O) groups is 3. The van der Waals surface area contributed by atoms with Crippen LogP contribution in [-0.2, 0) is 14.4 Å². The average molecular weight is 405 g/mol. The third kappa shape index (κ3) is 2.63. The summed E-state index contributed by atoms with van der Waals surface area (Å²) in [6, 6.07) is 4.80. The van der Waals surface area contributed by atoms with Gasteiger partial charge in [-0.25, -0.2) is 0 Å². The largest absolute Gasteiger partial charge is 0.325 e. The first-order valence-electron chi connectivity index (χ1n) is 9.24. The van der Waals surface area contributed by atoms with E-state index >= 15 is 0 Å². The topological polar surface area (TPSA) is 66.5 Å². The van der Waals surface area contributed by atoms with Gasteiger partial charge in [0.05, 0.1) is 22.5 Å². The van der Waals surface area contributed by atoms with E-state index in [-0.39, 0.29) is 54.4 Å². The predicted octanol–water partition coefficient (Wildman–Crippen LogP) is 3.38. The number of imide groups is 1. The Hall–Kier alpha value is -1.85. The Kier molecular flexibility index (Phi) is 3.89. The second-order valence-electron chi connectivity index (χ2n) is 7.91. The SMILES string of the molecule is O=C(CCN1C(=O)[C@@H]2[C@H]3C=C[C@@H]([C@@H]4C[C@H]34)[C@@H]2C1=O)Nc1ccc(Cl)cc1Cl. The number of rotatable bonds is 4. The fraction of sp³-hybridized carbons (Fsp3) is 0.450. The molecule has 2 saturated carbocycles. The van der Waals surface area contributed by atoms with Crippen molar-refractivity contribution in [3.8, 4) is 0 Å². The Bertz CT molecular complexity index is 863. The lowest BCUT2D eigenvalue weighted by Crippen LogP contribution is -2.40. The fourth-order valence-electron chi connectivity index (χ4n) is 5.26. The van der Waals surface area contributed by atoms with Crippen LogP contribution >= 0.6 is 23.2 Å². The highest BCUT2D eigenvalue weighted by Crippen LogP contribution is 2.65. The molecule has 5 aliphatic rings. The van der Waals surface area contributed by atoms with E-state index in [1.54, 1.807) is 18.2 Å². The maximum atomic E-state index is 12.9. The lowest BCUT2D eigenvalue weighted by atomic mass is 9.63. The Morgan fingerprint density at radius 3 is 2.30 bits per heavy atom. The van der Waals surface area contributed by atoms with E-state index in [1.165, 1.54) is 4.90 Å². The molecule has 1 aromatic rings. The molecule has 3 fully saturated rings. The van der Waals surface area contributed by atoms with Crippen LogP contribution in [0.1, 0.15) is 12.8 Å². The number of nitrogens with one attached hydrogen (secondary N) is 1. The van der Waals surface area contributed by atoms with Gasteiger partial charge in [0.15, 0.2) is 0 Å². The van der Waals surface area contributed by atoms with Crippen LogP contribution in [0.2, 0.25) is 10.0 Å². The van der Waals surface area contributed by atoms with Crippen molar-refractivity contribution in [1.82, 2.24) is 4.90 Å². The van der Waals surface area contributed by atoms with Crippen LogP contribution < -0.4 is 5.32 Å². The maximum absolute atomic E-state index is 12.9. The molecule has 0 unspecified atom stereocenters. The average Bonchev–Trinajstić information content (AvgIpc) is 3.41. The summed E-state index contributed by atoms with van der Waals surface area (Å²) in [4.78, 5) is 39.3. The van der Waals surface area contributed by atoms with Crippen molar-refractivity contribution in [2.24, 2.45) is 35.5 Å². The van der Waals surface area contributed by atoms with E-state index in [4.69, 9.17) is 23.2 Å². The van der Waals surface area contributed by atoms with E-state index in [0.717, 1.165) is 6.42 Å². The molecule has 4 aliphatic carbocycles.